The van der Waals surface area contributed by atoms with E-state index in [0.29, 0.717) is 25.8 Å². The molecule has 1 aromatic heterocycles. The van der Waals surface area contributed by atoms with E-state index in [1.165, 1.54) is 0 Å². The van der Waals surface area contributed by atoms with Gasteiger partial charge in [-0.3, -0.25) is 9.59 Å². The maximum atomic E-state index is 12.3. The van der Waals surface area contributed by atoms with E-state index in [2.05, 4.69) is 10.3 Å². The normalized spacial score (nSPS) is 19.0. The van der Waals surface area contributed by atoms with Crippen molar-refractivity contribution in [1.29, 1.82) is 0 Å². The lowest BCUT2D eigenvalue weighted by Gasteiger charge is -2.30. The molecule has 2 aromatic rings. The van der Waals surface area contributed by atoms with Gasteiger partial charge in [0.1, 0.15) is 0 Å². The Bertz CT molecular complexity index is 730. The van der Waals surface area contributed by atoms with Gasteiger partial charge in [0, 0.05) is 43.2 Å². The van der Waals surface area contributed by atoms with E-state index in [0.717, 1.165) is 16.5 Å². The summed E-state index contributed by atoms with van der Waals surface area (Å²) in [6.07, 6.45) is 3.54. The van der Waals surface area contributed by atoms with Gasteiger partial charge in [0.15, 0.2) is 0 Å². The Hall–Kier alpha value is -2.05. The number of para-hydroxylation sites is 1. The van der Waals surface area contributed by atoms with Gasteiger partial charge < -0.3 is 20.9 Å². The minimum absolute atomic E-state index is 0. The number of likely N-dealkylation sites (N-methyl/N-ethyl adjacent to an activating group) is 1. The molecule has 0 saturated carbocycles. The Morgan fingerprint density at radius 2 is 2.21 bits per heavy atom. The smallest absolute Gasteiger partial charge is 0.237 e. The maximum absolute atomic E-state index is 12.3. The number of fused-ring (bicyclic) bond motifs is 1. The summed E-state index contributed by atoms with van der Waals surface area (Å²) in [7, 11) is 1.76. The minimum atomic E-state index is -0.600. The molecule has 0 radical (unpaired) electrons. The van der Waals surface area contributed by atoms with Crippen molar-refractivity contribution in [3.05, 3.63) is 36.0 Å². The highest BCUT2D eigenvalue weighted by molar-refractivity contribution is 5.86. The lowest BCUT2D eigenvalue weighted by molar-refractivity contribution is -0.134. The van der Waals surface area contributed by atoms with Crippen LogP contribution in [0, 0.1) is 0 Å². The number of piperidine rings is 1. The number of carbonyl (C=O) groups is 2. The number of nitrogens with two attached hydrogens (primary N) is 1. The number of amides is 2. The summed E-state index contributed by atoms with van der Waals surface area (Å²) < 4.78 is 0. The molecule has 24 heavy (non-hydrogen) atoms. The molecule has 1 fully saturated rings. The number of aromatic nitrogens is 1. The van der Waals surface area contributed by atoms with Crippen LogP contribution < -0.4 is 11.1 Å². The molecule has 4 N–H and O–H groups in total. The molecule has 2 heterocycles. The molecule has 3 rings (SSSR count). The van der Waals surface area contributed by atoms with Crippen molar-refractivity contribution < 1.29 is 9.59 Å². The SMILES string of the molecule is CN1CC(NC(=O)[C@@H](N)Cc2c[nH]c3ccccc23)CCC1=O.Cl. The molecule has 2 amide bonds. The minimum Gasteiger partial charge on any atom is -0.361 e. The lowest BCUT2D eigenvalue weighted by Crippen LogP contribution is -2.52. The fourth-order valence-electron chi connectivity index (χ4n) is 3.07. The first-order valence-electron chi connectivity index (χ1n) is 7.89. The van der Waals surface area contributed by atoms with Crippen LogP contribution in [0.2, 0.25) is 0 Å². The van der Waals surface area contributed by atoms with E-state index in [1.807, 2.05) is 30.5 Å². The molecule has 1 saturated heterocycles. The second kappa shape index (κ2) is 7.68. The third-order valence-electron chi connectivity index (χ3n) is 4.42. The highest BCUT2D eigenvalue weighted by Crippen LogP contribution is 2.19. The fourth-order valence-corrected chi connectivity index (χ4v) is 3.07. The lowest BCUT2D eigenvalue weighted by atomic mass is 10.0. The van der Waals surface area contributed by atoms with Crippen LogP contribution in [-0.2, 0) is 16.0 Å². The molecule has 1 aromatic carbocycles. The topological polar surface area (TPSA) is 91.2 Å². The monoisotopic (exact) mass is 350 g/mol. The Labute approximate surface area is 147 Å². The second-order valence-electron chi connectivity index (χ2n) is 6.19. The van der Waals surface area contributed by atoms with Gasteiger partial charge in [0.05, 0.1) is 6.04 Å². The average molecular weight is 351 g/mol. The summed E-state index contributed by atoms with van der Waals surface area (Å²) in [4.78, 5) is 28.6. The quantitative estimate of drug-likeness (QED) is 0.773. The van der Waals surface area contributed by atoms with Crippen LogP contribution in [0.4, 0.5) is 0 Å². The van der Waals surface area contributed by atoms with Gasteiger partial charge in [0.2, 0.25) is 11.8 Å². The van der Waals surface area contributed by atoms with E-state index in [4.69, 9.17) is 5.73 Å². The summed E-state index contributed by atoms with van der Waals surface area (Å²) in [5, 5.41) is 4.06. The molecule has 1 unspecified atom stereocenters. The van der Waals surface area contributed by atoms with Gasteiger partial charge in [-0.1, -0.05) is 18.2 Å². The number of likely N-dealkylation sites (tertiary alicyclic amines) is 1. The van der Waals surface area contributed by atoms with Crippen LogP contribution in [0.5, 0.6) is 0 Å². The summed E-state index contributed by atoms with van der Waals surface area (Å²) in [6.45, 7) is 0.546. The fraction of sp³-hybridized carbons (Fsp3) is 0.412. The summed E-state index contributed by atoms with van der Waals surface area (Å²) >= 11 is 0. The highest BCUT2D eigenvalue weighted by atomic mass is 35.5. The first kappa shape index (κ1) is 18.3. The molecule has 0 bridgehead atoms. The van der Waals surface area contributed by atoms with E-state index in [9.17, 15) is 9.59 Å². The van der Waals surface area contributed by atoms with Gasteiger partial charge >= 0.3 is 0 Å². The number of hydrogen-bond donors (Lipinski definition) is 3. The maximum Gasteiger partial charge on any atom is 0.237 e. The molecule has 0 spiro atoms. The number of nitrogens with one attached hydrogen (secondary N) is 2. The first-order chi connectivity index (χ1) is 11.0. The number of carbonyl (C=O) groups excluding carboxylic acids is 2. The Balaban J connectivity index is 0.00000208. The summed E-state index contributed by atoms with van der Waals surface area (Å²) in [5.74, 6) is -0.0402. The van der Waals surface area contributed by atoms with Crippen LogP contribution in [-0.4, -0.2) is 47.4 Å². The van der Waals surface area contributed by atoms with Crippen LogP contribution in [0.3, 0.4) is 0 Å². The molecule has 1 aliphatic heterocycles. The number of rotatable bonds is 4. The molecule has 6 nitrogen and oxygen atoms in total. The van der Waals surface area contributed by atoms with Crippen LogP contribution in [0.25, 0.3) is 10.9 Å². The van der Waals surface area contributed by atoms with Gasteiger partial charge in [-0.2, -0.15) is 0 Å². The Morgan fingerprint density at radius 1 is 1.46 bits per heavy atom. The third-order valence-corrected chi connectivity index (χ3v) is 4.42. The molecule has 130 valence electrons. The Morgan fingerprint density at radius 3 is 2.96 bits per heavy atom. The molecule has 1 aliphatic rings. The van der Waals surface area contributed by atoms with Crippen molar-refractivity contribution in [1.82, 2.24) is 15.2 Å². The highest BCUT2D eigenvalue weighted by Gasteiger charge is 2.26. The number of benzene rings is 1. The molecule has 2 atom stereocenters. The van der Waals surface area contributed by atoms with E-state index >= 15 is 0 Å². The summed E-state index contributed by atoms with van der Waals surface area (Å²) in [5.41, 5.74) is 8.16. The largest absolute Gasteiger partial charge is 0.361 e. The van der Waals surface area contributed by atoms with Crippen molar-refractivity contribution in [2.45, 2.75) is 31.3 Å². The Kier molecular flexibility index (Phi) is 5.85. The second-order valence-corrected chi connectivity index (χ2v) is 6.19. The van der Waals surface area contributed by atoms with Gasteiger partial charge in [0.25, 0.3) is 0 Å². The third kappa shape index (κ3) is 3.88. The average Bonchev–Trinajstić information content (AvgIpc) is 2.94. The van der Waals surface area contributed by atoms with Crippen molar-refractivity contribution in [3.8, 4) is 0 Å². The summed E-state index contributed by atoms with van der Waals surface area (Å²) in [6, 6.07) is 7.35. The van der Waals surface area contributed by atoms with Crippen molar-refractivity contribution >= 4 is 35.1 Å². The molecule has 0 aliphatic carbocycles. The zero-order chi connectivity index (χ0) is 16.4. The number of halogens is 1. The standard InChI is InChI=1S/C17H22N4O2.ClH/c1-21-10-12(6-7-16(21)22)20-17(23)14(18)8-11-9-19-15-5-3-2-4-13(11)15;/h2-5,9,12,14,19H,6-8,10,18H2,1H3,(H,20,23);1H/t12?,14-;/m0./s1. The van der Waals surface area contributed by atoms with Gasteiger partial charge in [-0.25, -0.2) is 0 Å². The van der Waals surface area contributed by atoms with Crippen molar-refractivity contribution in [2.24, 2.45) is 5.73 Å². The van der Waals surface area contributed by atoms with Crippen LogP contribution in [0.1, 0.15) is 18.4 Å². The number of nitrogens with zero attached hydrogens (tertiary/aromatic N) is 1. The first-order valence-corrected chi connectivity index (χ1v) is 7.89. The van der Waals surface area contributed by atoms with E-state index in [-0.39, 0.29) is 30.3 Å². The molecular formula is C17H23ClN4O2. The predicted octanol–water partition coefficient (Wildman–Crippen LogP) is 1.20. The van der Waals surface area contributed by atoms with Gasteiger partial charge in [-0.05, 0) is 24.5 Å². The molecule has 7 heteroatoms. The zero-order valence-electron chi connectivity index (χ0n) is 13.6. The van der Waals surface area contributed by atoms with E-state index < -0.39 is 6.04 Å². The van der Waals surface area contributed by atoms with Crippen LogP contribution >= 0.6 is 12.4 Å². The number of aromatic amines is 1. The van der Waals surface area contributed by atoms with Gasteiger partial charge in [-0.15, -0.1) is 12.4 Å². The number of hydrogen-bond acceptors (Lipinski definition) is 3. The zero-order valence-corrected chi connectivity index (χ0v) is 14.4. The molecular weight excluding hydrogens is 328 g/mol. The number of H-pyrrole nitrogens is 1. The van der Waals surface area contributed by atoms with Crippen molar-refractivity contribution in [2.75, 3.05) is 13.6 Å². The van der Waals surface area contributed by atoms with Crippen LogP contribution in [0.15, 0.2) is 30.5 Å². The van der Waals surface area contributed by atoms with Crippen molar-refractivity contribution in [3.63, 3.8) is 0 Å². The predicted molar refractivity (Wildman–Crippen MR) is 96.0 cm³/mol. The van der Waals surface area contributed by atoms with E-state index in [1.54, 1.807) is 11.9 Å².